The summed E-state index contributed by atoms with van der Waals surface area (Å²) in [5, 5.41) is 0. The number of fused-ring (bicyclic) bond motifs is 1. The topological polar surface area (TPSA) is 29.5 Å². The molecule has 2 aromatic carbocycles. The van der Waals surface area contributed by atoms with Gasteiger partial charge < -0.3 is 4.74 Å². The number of hydrogen-bond donors (Lipinski definition) is 0. The highest BCUT2D eigenvalue weighted by Crippen LogP contribution is 2.39. The van der Waals surface area contributed by atoms with Crippen molar-refractivity contribution in [1.29, 1.82) is 0 Å². The number of ether oxygens (including phenoxy) is 1. The molecule has 1 unspecified atom stereocenters. The second kappa shape index (κ2) is 6.68. The average Bonchev–Trinajstić information content (AvgIpc) is 3.01. The van der Waals surface area contributed by atoms with E-state index in [0.717, 1.165) is 18.4 Å². The quantitative estimate of drug-likeness (QED) is 0.492. The van der Waals surface area contributed by atoms with Crippen molar-refractivity contribution >= 4 is 5.97 Å². The average molecular weight is 305 g/mol. The Balaban J connectivity index is 1.84. The van der Waals surface area contributed by atoms with E-state index in [1.165, 1.54) is 5.56 Å². The van der Waals surface area contributed by atoms with Crippen LogP contribution in [0.15, 0.2) is 48.5 Å². The molecule has 0 radical (unpaired) electrons. The summed E-state index contributed by atoms with van der Waals surface area (Å²) in [6, 6.07) is 15.2. The van der Waals surface area contributed by atoms with Crippen molar-refractivity contribution in [2.45, 2.75) is 18.9 Å². The van der Waals surface area contributed by atoms with Crippen LogP contribution in [-0.4, -0.2) is 24.5 Å². The minimum absolute atomic E-state index is 0.288. The van der Waals surface area contributed by atoms with E-state index in [-0.39, 0.29) is 12.0 Å². The fourth-order valence-electron chi connectivity index (χ4n) is 3.14. The van der Waals surface area contributed by atoms with Crippen molar-refractivity contribution in [2.24, 2.45) is 0 Å². The summed E-state index contributed by atoms with van der Waals surface area (Å²) in [7, 11) is 2.03. The highest BCUT2D eigenvalue weighted by Gasteiger charge is 2.28. The van der Waals surface area contributed by atoms with Gasteiger partial charge in [-0.15, -0.1) is 6.42 Å². The Morgan fingerprint density at radius 1 is 1.26 bits per heavy atom. The van der Waals surface area contributed by atoms with E-state index in [0.29, 0.717) is 17.9 Å². The van der Waals surface area contributed by atoms with E-state index >= 15 is 0 Å². The SMILES string of the molecule is C#CCN(C)C1CCc2c(OC(=O)c3ccccc3)cccc21. The molecule has 1 atom stereocenters. The zero-order valence-corrected chi connectivity index (χ0v) is 13.2. The van der Waals surface area contributed by atoms with Gasteiger partial charge in [0.2, 0.25) is 0 Å². The summed E-state index contributed by atoms with van der Waals surface area (Å²) in [5.74, 6) is 3.02. The van der Waals surface area contributed by atoms with Crippen molar-refractivity contribution in [3.8, 4) is 18.1 Å². The van der Waals surface area contributed by atoms with Crippen LogP contribution in [0.25, 0.3) is 0 Å². The number of hydrogen-bond acceptors (Lipinski definition) is 3. The maximum absolute atomic E-state index is 12.3. The lowest BCUT2D eigenvalue weighted by molar-refractivity contribution is 0.0733. The van der Waals surface area contributed by atoms with Gasteiger partial charge in [-0.2, -0.15) is 0 Å². The highest BCUT2D eigenvalue weighted by atomic mass is 16.5. The summed E-state index contributed by atoms with van der Waals surface area (Å²) in [6.07, 6.45) is 7.31. The molecule has 2 aromatic rings. The van der Waals surface area contributed by atoms with E-state index < -0.39 is 0 Å². The van der Waals surface area contributed by atoms with Crippen molar-refractivity contribution < 1.29 is 9.53 Å². The Morgan fingerprint density at radius 2 is 2.04 bits per heavy atom. The Hall–Kier alpha value is -2.57. The molecule has 0 fully saturated rings. The van der Waals surface area contributed by atoms with E-state index in [9.17, 15) is 4.79 Å². The molecule has 0 spiro atoms. The van der Waals surface area contributed by atoms with Crippen molar-refractivity contribution in [2.75, 3.05) is 13.6 Å². The van der Waals surface area contributed by atoms with Crippen LogP contribution in [0, 0.1) is 12.3 Å². The number of nitrogens with zero attached hydrogens (tertiary/aromatic N) is 1. The summed E-state index contributed by atoms with van der Waals surface area (Å²) in [5.41, 5.74) is 2.89. The second-order valence-corrected chi connectivity index (χ2v) is 5.75. The third-order valence-electron chi connectivity index (χ3n) is 4.28. The maximum Gasteiger partial charge on any atom is 0.343 e. The summed E-state index contributed by atoms with van der Waals surface area (Å²) < 4.78 is 5.63. The third kappa shape index (κ3) is 3.13. The Kier molecular flexibility index (Phi) is 4.45. The number of benzene rings is 2. The minimum atomic E-state index is -0.320. The second-order valence-electron chi connectivity index (χ2n) is 5.75. The lowest BCUT2D eigenvalue weighted by Gasteiger charge is -2.23. The third-order valence-corrected chi connectivity index (χ3v) is 4.28. The zero-order chi connectivity index (χ0) is 16.2. The molecule has 0 N–H and O–H groups in total. The first-order chi connectivity index (χ1) is 11.2. The first-order valence-electron chi connectivity index (χ1n) is 7.73. The number of esters is 1. The van der Waals surface area contributed by atoms with Gasteiger partial charge in [-0.25, -0.2) is 4.79 Å². The fraction of sp³-hybridized carbons (Fsp3) is 0.250. The van der Waals surface area contributed by atoms with Crippen LogP contribution in [0.2, 0.25) is 0 Å². The molecule has 3 nitrogen and oxygen atoms in total. The standard InChI is InChI=1S/C20H19NO2/c1-3-14-21(2)18-13-12-17-16(18)10-7-11-19(17)23-20(22)15-8-5-4-6-9-15/h1,4-11,18H,12-14H2,2H3. The molecule has 0 aromatic heterocycles. The first kappa shape index (κ1) is 15.3. The molecule has 0 amide bonds. The van der Waals surface area contributed by atoms with Gasteiger partial charge in [0.25, 0.3) is 0 Å². The lowest BCUT2D eigenvalue weighted by atomic mass is 10.1. The van der Waals surface area contributed by atoms with Gasteiger partial charge in [0.15, 0.2) is 0 Å². The molecule has 116 valence electrons. The van der Waals surface area contributed by atoms with Gasteiger partial charge in [-0.3, -0.25) is 4.90 Å². The molecule has 0 bridgehead atoms. The molecule has 3 rings (SSSR count). The van der Waals surface area contributed by atoms with Crippen LogP contribution in [0.3, 0.4) is 0 Å². The monoisotopic (exact) mass is 305 g/mol. The molecule has 1 aliphatic rings. The van der Waals surface area contributed by atoms with Crippen LogP contribution in [0.4, 0.5) is 0 Å². The van der Waals surface area contributed by atoms with E-state index in [2.05, 4.69) is 16.9 Å². The molecule has 3 heteroatoms. The number of carbonyl (C=O) groups excluding carboxylic acids is 1. The summed E-state index contributed by atoms with van der Waals surface area (Å²) in [4.78, 5) is 14.4. The highest BCUT2D eigenvalue weighted by molar-refractivity contribution is 5.91. The van der Waals surface area contributed by atoms with Gasteiger partial charge in [0.05, 0.1) is 12.1 Å². The van der Waals surface area contributed by atoms with Crippen molar-refractivity contribution in [3.63, 3.8) is 0 Å². The summed E-state index contributed by atoms with van der Waals surface area (Å²) in [6.45, 7) is 0.609. The van der Waals surface area contributed by atoms with Crippen molar-refractivity contribution in [3.05, 3.63) is 65.2 Å². The van der Waals surface area contributed by atoms with Gasteiger partial charge in [-0.05, 0) is 49.2 Å². The summed E-state index contributed by atoms with van der Waals surface area (Å²) >= 11 is 0. The van der Waals surface area contributed by atoms with Gasteiger partial charge >= 0.3 is 5.97 Å². The number of carbonyl (C=O) groups is 1. The van der Waals surface area contributed by atoms with Crippen LogP contribution < -0.4 is 4.74 Å². The van der Waals surface area contributed by atoms with E-state index in [4.69, 9.17) is 11.2 Å². The van der Waals surface area contributed by atoms with E-state index in [1.54, 1.807) is 12.1 Å². The van der Waals surface area contributed by atoms with Gasteiger partial charge in [0.1, 0.15) is 5.75 Å². The largest absolute Gasteiger partial charge is 0.423 e. The first-order valence-corrected chi connectivity index (χ1v) is 7.73. The smallest absolute Gasteiger partial charge is 0.343 e. The van der Waals surface area contributed by atoms with E-state index in [1.807, 2.05) is 37.4 Å². The zero-order valence-electron chi connectivity index (χ0n) is 13.2. The van der Waals surface area contributed by atoms with Crippen LogP contribution in [-0.2, 0) is 6.42 Å². The van der Waals surface area contributed by atoms with Crippen LogP contribution in [0.5, 0.6) is 5.75 Å². The normalized spacial score (nSPS) is 16.0. The predicted octanol–water partition coefficient (Wildman–Crippen LogP) is 3.46. The Bertz CT molecular complexity index is 746. The molecule has 1 aliphatic carbocycles. The molecular weight excluding hydrogens is 286 g/mol. The molecule has 0 saturated carbocycles. The molecular formula is C20H19NO2. The van der Waals surface area contributed by atoms with Crippen LogP contribution in [0.1, 0.15) is 33.9 Å². The Labute approximate surface area is 136 Å². The molecule has 23 heavy (non-hydrogen) atoms. The van der Waals surface area contributed by atoms with Gasteiger partial charge in [0, 0.05) is 6.04 Å². The molecule has 0 heterocycles. The van der Waals surface area contributed by atoms with Crippen molar-refractivity contribution in [1.82, 2.24) is 4.90 Å². The fourth-order valence-corrected chi connectivity index (χ4v) is 3.14. The number of rotatable bonds is 4. The van der Waals surface area contributed by atoms with Crippen LogP contribution >= 0.6 is 0 Å². The minimum Gasteiger partial charge on any atom is -0.423 e. The number of terminal acetylenes is 1. The van der Waals surface area contributed by atoms with Gasteiger partial charge in [-0.1, -0.05) is 36.3 Å². The molecule has 0 aliphatic heterocycles. The molecule has 0 saturated heterocycles. The maximum atomic E-state index is 12.3. The predicted molar refractivity (Wildman–Crippen MR) is 90.4 cm³/mol. The Morgan fingerprint density at radius 3 is 2.78 bits per heavy atom. The lowest BCUT2D eigenvalue weighted by Crippen LogP contribution is -2.23.